The van der Waals surface area contributed by atoms with Gasteiger partial charge in [-0.2, -0.15) is 0 Å². The van der Waals surface area contributed by atoms with E-state index in [-0.39, 0.29) is 12.0 Å². The van der Waals surface area contributed by atoms with E-state index in [0.29, 0.717) is 26.1 Å². The van der Waals surface area contributed by atoms with Gasteiger partial charge in [-0.15, -0.1) is 0 Å². The van der Waals surface area contributed by atoms with Crippen molar-refractivity contribution in [3.8, 4) is 5.75 Å². The van der Waals surface area contributed by atoms with Gasteiger partial charge in [-0.1, -0.05) is 12.1 Å². The standard InChI is InChI=1S/C16H24N2O3/c1-20-15-3-2-9-18(12-15)16(19)11-13-4-6-14(7-5-13)21-10-8-17/h4-7,15H,2-3,8-12,17H2,1H3/t15-/m1/s1. The molecule has 0 saturated carbocycles. The van der Waals surface area contributed by atoms with Crippen LogP contribution >= 0.6 is 0 Å². The summed E-state index contributed by atoms with van der Waals surface area (Å²) >= 11 is 0. The zero-order valence-electron chi connectivity index (χ0n) is 12.6. The first kappa shape index (κ1) is 15.8. The number of carbonyl (C=O) groups excluding carboxylic acids is 1. The van der Waals surface area contributed by atoms with E-state index >= 15 is 0 Å². The summed E-state index contributed by atoms with van der Waals surface area (Å²) in [6, 6.07) is 7.63. The van der Waals surface area contributed by atoms with E-state index in [1.165, 1.54) is 0 Å². The molecule has 1 heterocycles. The third-order valence-corrected chi connectivity index (χ3v) is 3.73. The molecule has 0 radical (unpaired) electrons. The van der Waals surface area contributed by atoms with Crippen LogP contribution in [-0.2, 0) is 16.0 Å². The van der Waals surface area contributed by atoms with Gasteiger partial charge in [-0.25, -0.2) is 0 Å². The Hall–Kier alpha value is -1.59. The van der Waals surface area contributed by atoms with Crippen LogP contribution in [0.2, 0.25) is 0 Å². The Bertz CT molecular complexity index is 447. The Kier molecular flexibility index (Phi) is 6.02. The molecule has 2 N–H and O–H groups in total. The first-order chi connectivity index (χ1) is 10.2. The van der Waals surface area contributed by atoms with Gasteiger partial charge in [-0.05, 0) is 30.5 Å². The molecular weight excluding hydrogens is 268 g/mol. The van der Waals surface area contributed by atoms with Crippen molar-refractivity contribution >= 4 is 5.91 Å². The van der Waals surface area contributed by atoms with Crippen LogP contribution in [0.4, 0.5) is 0 Å². The summed E-state index contributed by atoms with van der Waals surface area (Å²) in [6.07, 6.45) is 2.65. The molecule has 5 nitrogen and oxygen atoms in total. The molecule has 0 unspecified atom stereocenters. The molecule has 1 atom stereocenters. The number of amides is 1. The molecule has 0 aliphatic carbocycles. The molecule has 1 fully saturated rings. The maximum absolute atomic E-state index is 12.3. The third kappa shape index (κ3) is 4.72. The van der Waals surface area contributed by atoms with E-state index in [1.807, 2.05) is 29.2 Å². The van der Waals surface area contributed by atoms with Gasteiger partial charge in [0.1, 0.15) is 12.4 Å². The second kappa shape index (κ2) is 8.00. The van der Waals surface area contributed by atoms with Crippen LogP contribution in [0.15, 0.2) is 24.3 Å². The molecule has 1 aliphatic rings. The Labute approximate surface area is 126 Å². The van der Waals surface area contributed by atoms with Gasteiger partial charge in [-0.3, -0.25) is 4.79 Å². The highest BCUT2D eigenvalue weighted by Crippen LogP contribution is 2.16. The molecule has 5 heteroatoms. The van der Waals surface area contributed by atoms with Gasteiger partial charge in [0.25, 0.3) is 0 Å². The number of rotatable bonds is 6. The van der Waals surface area contributed by atoms with Crippen LogP contribution < -0.4 is 10.5 Å². The van der Waals surface area contributed by atoms with Crippen LogP contribution in [0.25, 0.3) is 0 Å². The maximum Gasteiger partial charge on any atom is 0.227 e. The number of nitrogens with zero attached hydrogens (tertiary/aromatic N) is 1. The van der Waals surface area contributed by atoms with E-state index < -0.39 is 0 Å². The van der Waals surface area contributed by atoms with Crippen LogP contribution in [0.1, 0.15) is 18.4 Å². The molecule has 1 aromatic rings. The summed E-state index contributed by atoms with van der Waals surface area (Å²) in [7, 11) is 1.71. The molecule has 1 aromatic carbocycles. The van der Waals surface area contributed by atoms with Crippen molar-refractivity contribution in [2.24, 2.45) is 5.73 Å². The monoisotopic (exact) mass is 292 g/mol. The van der Waals surface area contributed by atoms with Crippen LogP contribution in [0, 0.1) is 0 Å². The summed E-state index contributed by atoms with van der Waals surface area (Å²) in [4.78, 5) is 14.2. The lowest BCUT2D eigenvalue weighted by molar-refractivity contribution is -0.134. The first-order valence-corrected chi connectivity index (χ1v) is 7.45. The number of carbonyl (C=O) groups is 1. The number of likely N-dealkylation sites (tertiary alicyclic amines) is 1. The Morgan fingerprint density at radius 3 is 2.81 bits per heavy atom. The number of ether oxygens (including phenoxy) is 2. The molecule has 0 aromatic heterocycles. The number of piperidine rings is 1. The lowest BCUT2D eigenvalue weighted by atomic mass is 10.1. The molecule has 0 spiro atoms. The predicted molar refractivity (Wildman–Crippen MR) is 81.3 cm³/mol. The Morgan fingerprint density at radius 2 is 2.14 bits per heavy atom. The van der Waals surface area contributed by atoms with Crippen molar-refractivity contribution in [2.75, 3.05) is 33.4 Å². The summed E-state index contributed by atoms with van der Waals surface area (Å²) in [6.45, 7) is 2.53. The Balaban J connectivity index is 1.87. The smallest absolute Gasteiger partial charge is 0.227 e. The SMILES string of the molecule is CO[C@@H]1CCCN(C(=O)Cc2ccc(OCCN)cc2)C1. The minimum absolute atomic E-state index is 0.160. The number of benzene rings is 1. The Morgan fingerprint density at radius 1 is 1.38 bits per heavy atom. The molecule has 0 bridgehead atoms. The quantitative estimate of drug-likeness (QED) is 0.856. The van der Waals surface area contributed by atoms with E-state index in [4.69, 9.17) is 15.2 Å². The van der Waals surface area contributed by atoms with Crippen molar-refractivity contribution < 1.29 is 14.3 Å². The molecule has 1 saturated heterocycles. The number of nitrogens with two attached hydrogens (primary N) is 1. The molecular formula is C16H24N2O3. The van der Waals surface area contributed by atoms with Gasteiger partial charge in [0.05, 0.1) is 12.5 Å². The largest absolute Gasteiger partial charge is 0.492 e. The fourth-order valence-corrected chi connectivity index (χ4v) is 2.52. The van der Waals surface area contributed by atoms with Gasteiger partial charge < -0.3 is 20.1 Å². The first-order valence-electron chi connectivity index (χ1n) is 7.45. The van der Waals surface area contributed by atoms with Crippen LogP contribution in [-0.4, -0.2) is 50.3 Å². The van der Waals surface area contributed by atoms with Crippen molar-refractivity contribution in [1.82, 2.24) is 4.90 Å². The van der Waals surface area contributed by atoms with Gasteiger partial charge in [0.2, 0.25) is 5.91 Å². The van der Waals surface area contributed by atoms with Crippen LogP contribution in [0.3, 0.4) is 0 Å². The fourth-order valence-electron chi connectivity index (χ4n) is 2.52. The van der Waals surface area contributed by atoms with Crippen molar-refractivity contribution in [1.29, 1.82) is 0 Å². The lowest BCUT2D eigenvalue weighted by Crippen LogP contribution is -2.43. The van der Waals surface area contributed by atoms with Crippen molar-refractivity contribution in [3.63, 3.8) is 0 Å². The summed E-state index contributed by atoms with van der Waals surface area (Å²) in [5, 5.41) is 0. The molecule has 1 amide bonds. The fraction of sp³-hybridized carbons (Fsp3) is 0.562. The minimum Gasteiger partial charge on any atom is -0.492 e. The normalized spacial score (nSPS) is 18.6. The highest BCUT2D eigenvalue weighted by atomic mass is 16.5. The van der Waals surface area contributed by atoms with Gasteiger partial charge in [0.15, 0.2) is 0 Å². The summed E-state index contributed by atoms with van der Waals surface area (Å²) in [5.41, 5.74) is 6.39. The zero-order valence-corrected chi connectivity index (χ0v) is 12.6. The number of methoxy groups -OCH3 is 1. The topological polar surface area (TPSA) is 64.8 Å². The minimum atomic E-state index is 0.160. The highest BCUT2D eigenvalue weighted by molar-refractivity contribution is 5.79. The zero-order chi connectivity index (χ0) is 15.1. The highest BCUT2D eigenvalue weighted by Gasteiger charge is 2.23. The number of hydrogen-bond donors (Lipinski definition) is 1. The van der Waals surface area contributed by atoms with Gasteiger partial charge >= 0.3 is 0 Å². The van der Waals surface area contributed by atoms with E-state index in [9.17, 15) is 4.79 Å². The second-order valence-electron chi connectivity index (χ2n) is 5.30. The average Bonchev–Trinajstić information content (AvgIpc) is 2.54. The molecule has 21 heavy (non-hydrogen) atoms. The van der Waals surface area contributed by atoms with E-state index in [2.05, 4.69) is 0 Å². The summed E-state index contributed by atoms with van der Waals surface area (Å²) in [5.74, 6) is 0.946. The lowest BCUT2D eigenvalue weighted by Gasteiger charge is -2.32. The van der Waals surface area contributed by atoms with E-state index in [1.54, 1.807) is 7.11 Å². The van der Waals surface area contributed by atoms with Gasteiger partial charge in [0, 0.05) is 26.7 Å². The second-order valence-corrected chi connectivity index (χ2v) is 5.30. The van der Waals surface area contributed by atoms with Crippen LogP contribution in [0.5, 0.6) is 5.75 Å². The van der Waals surface area contributed by atoms with Crippen molar-refractivity contribution in [2.45, 2.75) is 25.4 Å². The number of hydrogen-bond acceptors (Lipinski definition) is 4. The molecule has 116 valence electrons. The van der Waals surface area contributed by atoms with E-state index in [0.717, 1.165) is 30.7 Å². The predicted octanol–water partition coefficient (Wildman–Crippen LogP) is 1.20. The molecule has 1 aliphatic heterocycles. The average molecular weight is 292 g/mol. The molecule has 2 rings (SSSR count). The third-order valence-electron chi connectivity index (χ3n) is 3.73. The van der Waals surface area contributed by atoms with Crippen molar-refractivity contribution in [3.05, 3.63) is 29.8 Å². The maximum atomic E-state index is 12.3. The summed E-state index contributed by atoms with van der Waals surface area (Å²) < 4.78 is 10.8.